The molecule has 0 amide bonds. The maximum atomic E-state index is 12.0. The zero-order chi connectivity index (χ0) is 18.7. The number of ketones is 1. The standard InChI is InChI=1S/C20H26O5/c1-4-6-13-25-20(23)18(15(3)21)12-8-10-16-9-7-11-17(14-16)19(22)24-5-2/h7-11,14,18H,4-6,12-13H2,1-3H3. The van der Waals surface area contributed by atoms with E-state index in [4.69, 9.17) is 9.47 Å². The van der Waals surface area contributed by atoms with E-state index in [0.717, 1.165) is 18.4 Å². The summed E-state index contributed by atoms with van der Waals surface area (Å²) in [5, 5.41) is 0. The molecule has 0 aliphatic rings. The number of ether oxygens (including phenoxy) is 2. The molecule has 0 aromatic heterocycles. The van der Waals surface area contributed by atoms with Gasteiger partial charge in [-0.2, -0.15) is 0 Å². The first-order valence-electron chi connectivity index (χ1n) is 8.60. The van der Waals surface area contributed by atoms with Crippen molar-refractivity contribution < 1.29 is 23.9 Å². The van der Waals surface area contributed by atoms with Crippen molar-refractivity contribution in [2.24, 2.45) is 5.92 Å². The number of rotatable bonds is 10. The van der Waals surface area contributed by atoms with Crippen LogP contribution in [0.3, 0.4) is 0 Å². The minimum Gasteiger partial charge on any atom is -0.465 e. The van der Waals surface area contributed by atoms with Crippen molar-refractivity contribution in [3.05, 3.63) is 41.5 Å². The number of allylic oxidation sites excluding steroid dienone is 1. The van der Waals surface area contributed by atoms with E-state index in [-0.39, 0.29) is 18.2 Å². The van der Waals surface area contributed by atoms with Gasteiger partial charge in [-0.15, -0.1) is 0 Å². The minimum atomic E-state index is -0.790. The molecular formula is C20H26O5. The average Bonchev–Trinajstić information content (AvgIpc) is 2.59. The quantitative estimate of drug-likeness (QED) is 0.366. The Hall–Kier alpha value is -2.43. The topological polar surface area (TPSA) is 69.7 Å². The van der Waals surface area contributed by atoms with Crippen LogP contribution in [0.25, 0.3) is 6.08 Å². The van der Waals surface area contributed by atoms with Crippen LogP contribution in [-0.4, -0.2) is 30.9 Å². The fraction of sp³-hybridized carbons (Fsp3) is 0.450. The Balaban J connectivity index is 2.70. The molecule has 1 rings (SSSR count). The van der Waals surface area contributed by atoms with E-state index in [2.05, 4.69) is 0 Å². The van der Waals surface area contributed by atoms with Crippen molar-refractivity contribution in [3.63, 3.8) is 0 Å². The lowest BCUT2D eigenvalue weighted by molar-refractivity contribution is -0.151. The second kappa shape index (κ2) is 11.2. The summed E-state index contributed by atoms with van der Waals surface area (Å²) >= 11 is 0. The smallest absolute Gasteiger partial charge is 0.338 e. The van der Waals surface area contributed by atoms with Gasteiger partial charge in [-0.05, 0) is 44.4 Å². The predicted octanol–water partition coefficient (Wildman–Crippen LogP) is 3.82. The van der Waals surface area contributed by atoms with Crippen LogP contribution < -0.4 is 0 Å². The highest BCUT2D eigenvalue weighted by Crippen LogP contribution is 2.13. The number of unbranched alkanes of at least 4 members (excludes halogenated alkanes) is 1. The summed E-state index contributed by atoms with van der Waals surface area (Å²) < 4.78 is 10.1. The Labute approximate surface area is 149 Å². The molecule has 1 atom stereocenters. The Morgan fingerprint density at radius 3 is 2.56 bits per heavy atom. The van der Waals surface area contributed by atoms with Crippen LogP contribution in [-0.2, 0) is 19.1 Å². The number of benzene rings is 1. The maximum Gasteiger partial charge on any atom is 0.338 e. The molecule has 0 saturated carbocycles. The molecule has 0 aliphatic carbocycles. The van der Waals surface area contributed by atoms with Gasteiger partial charge in [-0.1, -0.05) is 37.6 Å². The monoisotopic (exact) mass is 346 g/mol. The van der Waals surface area contributed by atoms with Crippen LogP contribution in [0.15, 0.2) is 30.3 Å². The summed E-state index contributed by atoms with van der Waals surface area (Å²) in [6.07, 6.45) is 5.50. The molecule has 25 heavy (non-hydrogen) atoms. The Kier molecular flexibility index (Phi) is 9.22. The molecule has 0 N–H and O–H groups in total. The van der Waals surface area contributed by atoms with Gasteiger partial charge in [0.2, 0.25) is 0 Å². The Bertz CT molecular complexity index is 618. The molecule has 1 aromatic rings. The minimum absolute atomic E-state index is 0.216. The van der Waals surface area contributed by atoms with Crippen LogP contribution in [0.2, 0.25) is 0 Å². The fourth-order valence-electron chi connectivity index (χ4n) is 2.17. The van der Waals surface area contributed by atoms with Gasteiger partial charge in [0.15, 0.2) is 0 Å². The van der Waals surface area contributed by atoms with Gasteiger partial charge < -0.3 is 9.47 Å². The number of Topliss-reactive ketones (excluding diaryl/α,β-unsaturated/α-hetero) is 1. The molecule has 0 bridgehead atoms. The van der Waals surface area contributed by atoms with E-state index >= 15 is 0 Å². The van der Waals surface area contributed by atoms with Crippen molar-refractivity contribution in [2.45, 2.75) is 40.0 Å². The van der Waals surface area contributed by atoms with Gasteiger partial charge in [-0.3, -0.25) is 9.59 Å². The molecule has 0 heterocycles. The van der Waals surface area contributed by atoms with E-state index in [1.807, 2.05) is 13.0 Å². The summed E-state index contributed by atoms with van der Waals surface area (Å²) in [5.74, 6) is -1.86. The first-order valence-corrected chi connectivity index (χ1v) is 8.60. The molecule has 5 heteroatoms. The lowest BCUT2D eigenvalue weighted by Gasteiger charge is -2.11. The highest BCUT2D eigenvalue weighted by Gasteiger charge is 2.23. The van der Waals surface area contributed by atoms with E-state index < -0.39 is 11.9 Å². The van der Waals surface area contributed by atoms with Crippen LogP contribution in [0.4, 0.5) is 0 Å². The third kappa shape index (κ3) is 7.33. The van der Waals surface area contributed by atoms with Crippen LogP contribution in [0.5, 0.6) is 0 Å². The van der Waals surface area contributed by atoms with Gasteiger partial charge in [0.05, 0.1) is 18.8 Å². The Morgan fingerprint density at radius 2 is 1.92 bits per heavy atom. The second-order valence-electron chi connectivity index (χ2n) is 5.67. The molecule has 0 radical (unpaired) electrons. The molecule has 0 spiro atoms. The first kappa shape index (κ1) is 20.6. The Morgan fingerprint density at radius 1 is 1.16 bits per heavy atom. The molecule has 0 aliphatic heterocycles. The summed E-state index contributed by atoms with van der Waals surface area (Å²) in [6, 6.07) is 6.98. The van der Waals surface area contributed by atoms with Gasteiger partial charge >= 0.3 is 11.9 Å². The van der Waals surface area contributed by atoms with Crippen LogP contribution in [0, 0.1) is 5.92 Å². The number of carbonyl (C=O) groups excluding carboxylic acids is 3. The van der Waals surface area contributed by atoms with Gasteiger partial charge in [0, 0.05) is 0 Å². The van der Waals surface area contributed by atoms with Crippen LogP contribution in [0.1, 0.15) is 56.0 Å². The van der Waals surface area contributed by atoms with Crippen molar-refractivity contribution >= 4 is 23.8 Å². The number of esters is 2. The molecule has 1 unspecified atom stereocenters. The lowest BCUT2D eigenvalue weighted by atomic mass is 10.0. The summed E-state index contributed by atoms with van der Waals surface area (Å²) in [6.45, 7) is 5.80. The second-order valence-corrected chi connectivity index (χ2v) is 5.67. The SMILES string of the molecule is CCCCOC(=O)C(CC=Cc1cccc(C(=O)OCC)c1)C(C)=O. The maximum absolute atomic E-state index is 12.0. The van der Waals surface area contributed by atoms with Gasteiger partial charge in [-0.25, -0.2) is 4.79 Å². The average molecular weight is 346 g/mol. The highest BCUT2D eigenvalue weighted by atomic mass is 16.5. The predicted molar refractivity (Wildman–Crippen MR) is 96.1 cm³/mol. The molecule has 5 nitrogen and oxygen atoms in total. The third-order valence-electron chi connectivity index (χ3n) is 3.60. The third-order valence-corrected chi connectivity index (χ3v) is 3.60. The van der Waals surface area contributed by atoms with Crippen molar-refractivity contribution in [3.8, 4) is 0 Å². The normalized spacial score (nSPS) is 12.0. The zero-order valence-electron chi connectivity index (χ0n) is 15.1. The molecule has 0 fully saturated rings. The summed E-state index contributed by atoms with van der Waals surface area (Å²) in [7, 11) is 0. The van der Waals surface area contributed by atoms with Crippen LogP contribution >= 0.6 is 0 Å². The summed E-state index contributed by atoms with van der Waals surface area (Å²) in [4.78, 5) is 35.4. The molecule has 0 saturated heterocycles. The zero-order valence-corrected chi connectivity index (χ0v) is 15.1. The van der Waals surface area contributed by atoms with Crippen molar-refractivity contribution in [1.29, 1.82) is 0 Å². The lowest BCUT2D eigenvalue weighted by Crippen LogP contribution is -2.24. The largest absolute Gasteiger partial charge is 0.465 e. The fourth-order valence-corrected chi connectivity index (χ4v) is 2.17. The van der Waals surface area contributed by atoms with Gasteiger partial charge in [0.25, 0.3) is 0 Å². The van der Waals surface area contributed by atoms with Crippen molar-refractivity contribution in [1.82, 2.24) is 0 Å². The first-order chi connectivity index (χ1) is 12.0. The van der Waals surface area contributed by atoms with E-state index in [9.17, 15) is 14.4 Å². The van der Waals surface area contributed by atoms with E-state index in [1.54, 1.807) is 37.3 Å². The number of hydrogen-bond donors (Lipinski definition) is 0. The van der Waals surface area contributed by atoms with Crippen molar-refractivity contribution in [2.75, 3.05) is 13.2 Å². The van der Waals surface area contributed by atoms with E-state index in [0.29, 0.717) is 18.8 Å². The van der Waals surface area contributed by atoms with E-state index in [1.165, 1.54) is 6.92 Å². The molecular weight excluding hydrogens is 320 g/mol. The van der Waals surface area contributed by atoms with Gasteiger partial charge in [0.1, 0.15) is 11.7 Å². The number of hydrogen-bond acceptors (Lipinski definition) is 5. The molecule has 136 valence electrons. The number of carbonyl (C=O) groups is 3. The summed E-state index contributed by atoms with van der Waals surface area (Å²) in [5.41, 5.74) is 1.26. The molecule has 1 aromatic carbocycles. The highest BCUT2D eigenvalue weighted by molar-refractivity contribution is 5.98.